The molecule has 1 N–H and O–H groups in total. The number of ether oxygens (including phenoxy) is 1. The van der Waals surface area contributed by atoms with Gasteiger partial charge < -0.3 is 10.1 Å². The average Bonchev–Trinajstić information content (AvgIpc) is 1.99. The number of hydrogen-bond donors (Lipinski definition) is 1. The van der Waals surface area contributed by atoms with E-state index in [1.54, 1.807) is 0 Å². The van der Waals surface area contributed by atoms with E-state index in [1.165, 1.54) is 0 Å². The molecule has 11 heavy (non-hydrogen) atoms. The van der Waals surface area contributed by atoms with Crippen molar-refractivity contribution in [2.24, 2.45) is 0 Å². The van der Waals surface area contributed by atoms with Crippen molar-refractivity contribution >= 4 is 0 Å². The van der Waals surface area contributed by atoms with E-state index in [0.29, 0.717) is 0 Å². The third kappa shape index (κ3) is 7.38. The van der Waals surface area contributed by atoms with E-state index in [9.17, 15) is 0 Å². The quantitative estimate of drug-likeness (QED) is 0.457. The lowest BCUT2D eigenvalue weighted by Crippen LogP contribution is -2.27. The third-order valence-electron chi connectivity index (χ3n) is 1.33. The van der Waals surface area contributed by atoms with Crippen molar-refractivity contribution in [2.75, 3.05) is 19.7 Å². The second-order valence-electron chi connectivity index (χ2n) is 2.42. The van der Waals surface area contributed by atoms with E-state index >= 15 is 0 Å². The van der Waals surface area contributed by atoms with Crippen molar-refractivity contribution in [3.63, 3.8) is 0 Å². The Morgan fingerprint density at radius 1 is 1.64 bits per heavy atom. The lowest BCUT2D eigenvalue weighted by Gasteiger charge is -2.11. The highest BCUT2D eigenvalue weighted by molar-refractivity contribution is 4.84. The second kappa shape index (κ2) is 7.59. The molecular formula is C9H17NO. The van der Waals surface area contributed by atoms with Gasteiger partial charge >= 0.3 is 0 Å². The minimum absolute atomic E-state index is 0.290. The standard InChI is InChI=1S/C9H17NO/c1-4-6-7-10-8-9(3)11-5-2/h1,9-10H,5-8H2,2-3H3. The van der Waals surface area contributed by atoms with E-state index in [-0.39, 0.29) is 6.10 Å². The van der Waals surface area contributed by atoms with E-state index in [2.05, 4.69) is 11.2 Å². The summed E-state index contributed by atoms with van der Waals surface area (Å²) in [6.07, 6.45) is 6.16. The van der Waals surface area contributed by atoms with E-state index in [0.717, 1.165) is 26.1 Å². The van der Waals surface area contributed by atoms with E-state index in [4.69, 9.17) is 11.2 Å². The van der Waals surface area contributed by atoms with Crippen LogP contribution in [-0.2, 0) is 4.74 Å². The van der Waals surface area contributed by atoms with Gasteiger partial charge in [-0.2, -0.15) is 0 Å². The molecule has 1 atom stereocenters. The number of hydrogen-bond acceptors (Lipinski definition) is 2. The van der Waals surface area contributed by atoms with Gasteiger partial charge in [-0.3, -0.25) is 0 Å². The van der Waals surface area contributed by atoms with Crippen LogP contribution in [-0.4, -0.2) is 25.8 Å². The van der Waals surface area contributed by atoms with Crippen LogP contribution in [0.3, 0.4) is 0 Å². The Labute approximate surface area is 69.3 Å². The Morgan fingerprint density at radius 2 is 2.36 bits per heavy atom. The number of terminal acetylenes is 1. The molecular weight excluding hydrogens is 138 g/mol. The molecule has 0 aromatic rings. The van der Waals surface area contributed by atoms with Crippen molar-refractivity contribution in [3.8, 4) is 12.3 Å². The molecule has 0 aliphatic heterocycles. The fourth-order valence-electron chi connectivity index (χ4n) is 0.809. The lowest BCUT2D eigenvalue weighted by molar-refractivity contribution is 0.0764. The number of rotatable bonds is 6. The molecule has 64 valence electrons. The normalized spacial score (nSPS) is 12.5. The summed E-state index contributed by atoms with van der Waals surface area (Å²) in [5.41, 5.74) is 0. The zero-order valence-electron chi connectivity index (χ0n) is 7.39. The van der Waals surface area contributed by atoms with Crippen LogP contribution in [0, 0.1) is 12.3 Å². The molecule has 1 unspecified atom stereocenters. The van der Waals surface area contributed by atoms with Crippen molar-refractivity contribution < 1.29 is 4.74 Å². The molecule has 0 aliphatic carbocycles. The predicted molar refractivity (Wildman–Crippen MR) is 47.4 cm³/mol. The number of nitrogens with one attached hydrogen (secondary N) is 1. The monoisotopic (exact) mass is 155 g/mol. The summed E-state index contributed by atoms with van der Waals surface area (Å²) < 4.78 is 5.31. The molecule has 0 saturated heterocycles. The molecule has 0 aromatic heterocycles. The first-order valence-electron chi connectivity index (χ1n) is 4.07. The Kier molecular flexibility index (Phi) is 7.23. The van der Waals surface area contributed by atoms with Crippen LogP contribution in [0.25, 0.3) is 0 Å². The maximum atomic E-state index is 5.31. The van der Waals surface area contributed by atoms with Crippen LogP contribution in [0.2, 0.25) is 0 Å². The first-order valence-corrected chi connectivity index (χ1v) is 4.07. The summed E-state index contributed by atoms with van der Waals surface area (Å²) in [5, 5.41) is 3.20. The van der Waals surface area contributed by atoms with Gasteiger partial charge in [0.25, 0.3) is 0 Å². The van der Waals surface area contributed by atoms with Gasteiger partial charge in [0.15, 0.2) is 0 Å². The first-order chi connectivity index (χ1) is 5.31. The summed E-state index contributed by atoms with van der Waals surface area (Å²) in [4.78, 5) is 0. The van der Waals surface area contributed by atoms with Gasteiger partial charge in [-0.05, 0) is 13.8 Å². The molecule has 2 nitrogen and oxygen atoms in total. The Hall–Kier alpha value is -0.520. The smallest absolute Gasteiger partial charge is 0.0671 e. The molecule has 0 bridgehead atoms. The van der Waals surface area contributed by atoms with Crippen LogP contribution < -0.4 is 5.32 Å². The molecule has 0 spiro atoms. The Bertz CT molecular complexity index is 117. The van der Waals surface area contributed by atoms with E-state index < -0.39 is 0 Å². The van der Waals surface area contributed by atoms with E-state index in [1.807, 2.05) is 13.8 Å². The van der Waals surface area contributed by atoms with Crippen LogP contribution in [0.5, 0.6) is 0 Å². The third-order valence-corrected chi connectivity index (χ3v) is 1.33. The lowest BCUT2D eigenvalue weighted by atomic mass is 10.4. The summed E-state index contributed by atoms with van der Waals surface area (Å²) >= 11 is 0. The average molecular weight is 155 g/mol. The summed E-state index contributed by atoms with van der Waals surface area (Å²) in [7, 11) is 0. The molecule has 0 heterocycles. The highest BCUT2D eigenvalue weighted by atomic mass is 16.5. The highest BCUT2D eigenvalue weighted by Gasteiger charge is 1.97. The van der Waals surface area contributed by atoms with Crippen molar-refractivity contribution in [3.05, 3.63) is 0 Å². The zero-order valence-corrected chi connectivity index (χ0v) is 7.39. The molecule has 0 radical (unpaired) electrons. The van der Waals surface area contributed by atoms with Crippen LogP contribution in [0.4, 0.5) is 0 Å². The van der Waals surface area contributed by atoms with Crippen LogP contribution >= 0.6 is 0 Å². The molecule has 0 saturated carbocycles. The minimum atomic E-state index is 0.290. The molecule has 0 fully saturated rings. The second-order valence-corrected chi connectivity index (χ2v) is 2.42. The molecule has 0 aromatic carbocycles. The summed E-state index contributed by atoms with van der Waals surface area (Å²) in [6, 6.07) is 0. The SMILES string of the molecule is C#CCCNCC(C)OCC. The molecule has 2 heteroatoms. The maximum absolute atomic E-state index is 5.31. The fraction of sp³-hybridized carbons (Fsp3) is 0.778. The van der Waals surface area contributed by atoms with Gasteiger partial charge in [-0.25, -0.2) is 0 Å². The van der Waals surface area contributed by atoms with Crippen molar-refractivity contribution in [1.29, 1.82) is 0 Å². The topological polar surface area (TPSA) is 21.3 Å². The molecule has 0 aliphatic rings. The Morgan fingerprint density at radius 3 is 2.91 bits per heavy atom. The maximum Gasteiger partial charge on any atom is 0.0671 e. The first kappa shape index (κ1) is 10.5. The zero-order chi connectivity index (χ0) is 8.53. The summed E-state index contributed by atoms with van der Waals surface area (Å²) in [5.74, 6) is 2.57. The van der Waals surface area contributed by atoms with Crippen molar-refractivity contribution in [2.45, 2.75) is 26.4 Å². The van der Waals surface area contributed by atoms with Gasteiger partial charge in [0.1, 0.15) is 0 Å². The molecule has 0 amide bonds. The predicted octanol–water partition coefficient (Wildman–Crippen LogP) is 1.02. The Balaban J connectivity index is 3.05. The largest absolute Gasteiger partial charge is 0.377 e. The van der Waals surface area contributed by atoms with Crippen LogP contribution in [0.15, 0.2) is 0 Å². The fourth-order valence-corrected chi connectivity index (χ4v) is 0.809. The van der Waals surface area contributed by atoms with Crippen LogP contribution in [0.1, 0.15) is 20.3 Å². The van der Waals surface area contributed by atoms with Gasteiger partial charge in [0.05, 0.1) is 6.10 Å². The van der Waals surface area contributed by atoms with Gasteiger partial charge in [0, 0.05) is 26.1 Å². The molecule has 0 rings (SSSR count). The van der Waals surface area contributed by atoms with Crippen molar-refractivity contribution in [1.82, 2.24) is 5.32 Å². The van der Waals surface area contributed by atoms with Gasteiger partial charge in [-0.1, -0.05) is 0 Å². The summed E-state index contributed by atoms with van der Waals surface area (Å²) in [6.45, 7) is 6.59. The minimum Gasteiger partial charge on any atom is -0.377 e. The van der Waals surface area contributed by atoms with Gasteiger partial charge in [-0.15, -0.1) is 12.3 Å². The van der Waals surface area contributed by atoms with Gasteiger partial charge in [0.2, 0.25) is 0 Å². The highest BCUT2D eigenvalue weighted by Crippen LogP contribution is 1.86.